The summed E-state index contributed by atoms with van der Waals surface area (Å²) >= 11 is 0. The highest BCUT2D eigenvalue weighted by molar-refractivity contribution is 5.20. The van der Waals surface area contributed by atoms with E-state index in [2.05, 4.69) is 20.8 Å². The Labute approximate surface area is 93.8 Å². The molecule has 0 nitrogen and oxygen atoms in total. The van der Waals surface area contributed by atoms with Gasteiger partial charge in [-0.25, -0.2) is 0 Å². The van der Waals surface area contributed by atoms with Crippen molar-refractivity contribution in [2.75, 3.05) is 0 Å². The van der Waals surface area contributed by atoms with Crippen LogP contribution in [0.3, 0.4) is 0 Å². The van der Waals surface area contributed by atoms with Crippen LogP contribution in [-0.2, 0) is 0 Å². The van der Waals surface area contributed by atoms with E-state index in [0.29, 0.717) is 10.8 Å². The Morgan fingerprint density at radius 1 is 1.00 bits per heavy atom. The van der Waals surface area contributed by atoms with Crippen molar-refractivity contribution in [2.45, 2.75) is 59.3 Å². The maximum absolute atomic E-state index is 2.62. The first-order valence-electron chi connectivity index (χ1n) is 7.00. The molecule has 4 saturated carbocycles. The van der Waals surface area contributed by atoms with Gasteiger partial charge in [0.25, 0.3) is 0 Å². The smallest absolute Gasteiger partial charge is 0.0241 e. The van der Waals surface area contributed by atoms with Crippen molar-refractivity contribution in [2.24, 2.45) is 34.0 Å². The third-order valence-electron chi connectivity index (χ3n) is 7.34. The molecular formula is C15H24. The monoisotopic (exact) mass is 204 g/mol. The van der Waals surface area contributed by atoms with E-state index in [1.807, 2.05) is 0 Å². The Hall–Kier alpha value is 0. The SMILES string of the molecule is CC1(C)C2CCC1(C)[C@@H]1C[C@@H]1CC21CC1. The molecule has 1 spiro atoms. The summed E-state index contributed by atoms with van der Waals surface area (Å²) in [6.45, 7) is 7.83. The van der Waals surface area contributed by atoms with Gasteiger partial charge in [0.15, 0.2) is 0 Å². The molecule has 0 aromatic carbocycles. The molecule has 4 rings (SSSR count). The Balaban J connectivity index is 1.86. The van der Waals surface area contributed by atoms with E-state index < -0.39 is 0 Å². The second-order valence-electron chi connectivity index (χ2n) is 7.90. The van der Waals surface area contributed by atoms with E-state index in [9.17, 15) is 0 Å². The standard InChI is InChI=1S/C15H24/c1-13(2)12-4-5-14(13,3)11-8-10(11)9-15(12)6-7-15/h10-12H,4-9H2,1-3H3/t10-,11-,12?,14?/m1/s1. The number of fused-ring (bicyclic) bond motifs is 5. The first-order valence-corrected chi connectivity index (χ1v) is 7.00. The average molecular weight is 204 g/mol. The average Bonchev–Trinajstić information content (AvgIpc) is 3.01. The lowest BCUT2D eigenvalue weighted by molar-refractivity contribution is 0.0473. The summed E-state index contributed by atoms with van der Waals surface area (Å²) in [7, 11) is 0. The van der Waals surface area contributed by atoms with Gasteiger partial charge in [-0.05, 0) is 72.5 Å². The summed E-state index contributed by atoms with van der Waals surface area (Å²) < 4.78 is 0. The molecule has 4 aliphatic rings. The fraction of sp³-hybridized carbons (Fsp3) is 1.00. The molecule has 0 aliphatic heterocycles. The Bertz CT molecular complexity index is 323. The molecule has 4 fully saturated rings. The number of rotatable bonds is 0. The van der Waals surface area contributed by atoms with Crippen molar-refractivity contribution in [1.29, 1.82) is 0 Å². The van der Waals surface area contributed by atoms with E-state index in [1.165, 1.54) is 6.42 Å². The molecule has 0 aromatic heterocycles. The maximum atomic E-state index is 2.62. The second-order valence-corrected chi connectivity index (χ2v) is 7.90. The second kappa shape index (κ2) is 2.17. The summed E-state index contributed by atoms with van der Waals surface area (Å²) in [6.07, 6.45) is 9.41. The Morgan fingerprint density at radius 3 is 2.40 bits per heavy atom. The highest BCUT2D eigenvalue weighted by Crippen LogP contribution is 2.79. The predicted octanol–water partition coefficient (Wildman–Crippen LogP) is 4.25. The molecular weight excluding hydrogens is 180 g/mol. The van der Waals surface area contributed by atoms with Crippen LogP contribution in [0.5, 0.6) is 0 Å². The molecule has 0 saturated heterocycles. The van der Waals surface area contributed by atoms with Crippen molar-refractivity contribution in [3.05, 3.63) is 0 Å². The molecule has 84 valence electrons. The van der Waals surface area contributed by atoms with Gasteiger partial charge in [-0.1, -0.05) is 20.8 Å². The molecule has 0 N–H and O–H groups in total. The van der Waals surface area contributed by atoms with Crippen LogP contribution in [0, 0.1) is 34.0 Å². The largest absolute Gasteiger partial charge is 0.0591 e. The van der Waals surface area contributed by atoms with E-state index in [0.717, 1.165) is 23.2 Å². The molecule has 0 heteroatoms. The van der Waals surface area contributed by atoms with E-state index >= 15 is 0 Å². The summed E-state index contributed by atoms with van der Waals surface area (Å²) in [5, 5.41) is 0. The predicted molar refractivity (Wildman–Crippen MR) is 62.5 cm³/mol. The molecule has 15 heavy (non-hydrogen) atoms. The van der Waals surface area contributed by atoms with Gasteiger partial charge in [0.1, 0.15) is 0 Å². The molecule has 0 amide bonds. The highest BCUT2D eigenvalue weighted by Gasteiger charge is 2.71. The fourth-order valence-electron chi connectivity index (χ4n) is 5.89. The van der Waals surface area contributed by atoms with Gasteiger partial charge in [0.2, 0.25) is 0 Å². The summed E-state index contributed by atoms with van der Waals surface area (Å²) in [5.41, 5.74) is 2.19. The van der Waals surface area contributed by atoms with Crippen molar-refractivity contribution in [3.63, 3.8) is 0 Å². The topological polar surface area (TPSA) is 0 Å². The van der Waals surface area contributed by atoms with E-state index in [1.54, 1.807) is 32.1 Å². The zero-order valence-corrected chi connectivity index (χ0v) is 10.5. The Kier molecular flexibility index (Phi) is 1.31. The molecule has 2 bridgehead atoms. The van der Waals surface area contributed by atoms with Crippen LogP contribution in [0.25, 0.3) is 0 Å². The van der Waals surface area contributed by atoms with Gasteiger partial charge in [0, 0.05) is 0 Å². The van der Waals surface area contributed by atoms with Crippen molar-refractivity contribution < 1.29 is 0 Å². The molecule has 0 heterocycles. The van der Waals surface area contributed by atoms with Gasteiger partial charge < -0.3 is 0 Å². The van der Waals surface area contributed by atoms with Crippen LogP contribution < -0.4 is 0 Å². The van der Waals surface area contributed by atoms with Crippen LogP contribution in [-0.4, -0.2) is 0 Å². The van der Waals surface area contributed by atoms with Gasteiger partial charge in [-0.2, -0.15) is 0 Å². The molecule has 2 unspecified atom stereocenters. The van der Waals surface area contributed by atoms with Crippen molar-refractivity contribution >= 4 is 0 Å². The Morgan fingerprint density at radius 2 is 1.73 bits per heavy atom. The lowest BCUT2D eigenvalue weighted by Gasteiger charge is -2.43. The van der Waals surface area contributed by atoms with Crippen molar-refractivity contribution in [3.8, 4) is 0 Å². The summed E-state index contributed by atoms with van der Waals surface area (Å²) in [5.74, 6) is 3.32. The summed E-state index contributed by atoms with van der Waals surface area (Å²) in [6, 6.07) is 0. The number of hydrogen-bond acceptors (Lipinski definition) is 0. The van der Waals surface area contributed by atoms with Gasteiger partial charge in [-0.15, -0.1) is 0 Å². The van der Waals surface area contributed by atoms with Crippen LogP contribution in [0.15, 0.2) is 0 Å². The summed E-state index contributed by atoms with van der Waals surface area (Å²) in [4.78, 5) is 0. The van der Waals surface area contributed by atoms with Gasteiger partial charge in [-0.3, -0.25) is 0 Å². The molecule has 0 radical (unpaired) electrons. The molecule has 4 aliphatic carbocycles. The fourth-order valence-corrected chi connectivity index (χ4v) is 5.89. The van der Waals surface area contributed by atoms with E-state index in [-0.39, 0.29) is 0 Å². The zero-order valence-electron chi connectivity index (χ0n) is 10.5. The lowest BCUT2D eigenvalue weighted by atomic mass is 9.61. The number of hydrogen-bond donors (Lipinski definition) is 0. The highest BCUT2D eigenvalue weighted by atomic mass is 14.8. The first kappa shape index (κ1) is 9.07. The van der Waals surface area contributed by atoms with Crippen LogP contribution in [0.4, 0.5) is 0 Å². The van der Waals surface area contributed by atoms with Gasteiger partial charge in [0.05, 0.1) is 0 Å². The van der Waals surface area contributed by atoms with Gasteiger partial charge >= 0.3 is 0 Å². The van der Waals surface area contributed by atoms with Crippen LogP contribution in [0.2, 0.25) is 0 Å². The molecule has 4 atom stereocenters. The third-order valence-corrected chi connectivity index (χ3v) is 7.34. The minimum absolute atomic E-state index is 0.638. The quantitative estimate of drug-likeness (QED) is 0.553. The van der Waals surface area contributed by atoms with Crippen LogP contribution >= 0.6 is 0 Å². The van der Waals surface area contributed by atoms with Crippen LogP contribution in [0.1, 0.15) is 59.3 Å². The minimum Gasteiger partial charge on any atom is -0.0591 e. The zero-order chi connectivity index (χ0) is 10.5. The lowest BCUT2D eigenvalue weighted by Crippen LogP contribution is -2.37. The maximum Gasteiger partial charge on any atom is -0.0241 e. The molecule has 0 aromatic rings. The third kappa shape index (κ3) is 0.840. The normalized spacial score (nSPS) is 57.4. The first-order chi connectivity index (χ1) is 7.00. The minimum atomic E-state index is 0.638. The van der Waals surface area contributed by atoms with Crippen molar-refractivity contribution in [1.82, 2.24) is 0 Å². The van der Waals surface area contributed by atoms with E-state index in [4.69, 9.17) is 0 Å².